The van der Waals surface area contributed by atoms with Gasteiger partial charge in [0.25, 0.3) is 0 Å². The van der Waals surface area contributed by atoms with Gasteiger partial charge in [-0.1, -0.05) is 46.6 Å². The average Bonchev–Trinajstić information content (AvgIpc) is 3.25. The Kier molecular flexibility index (Phi) is 6.53. The molecule has 162 valence electrons. The Hall–Kier alpha value is -3.62. The number of phenols is 1. The lowest BCUT2D eigenvalue weighted by molar-refractivity contribution is 0.0907. The van der Waals surface area contributed by atoms with E-state index in [1.54, 1.807) is 42.6 Å². The molecule has 2 heterocycles. The molecule has 0 bridgehead atoms. The number of nitrogens with zero attached hydrogens (tertiary/aromatic N) is 3. The fourth-order valence-electron chi connectivity index (χ4n) is 2.83. The van der Waals surface area contributed by atoms with Gasteiger partial charge in [0.05, 0.1) is 10.0 Å². The molecule has 2 aromatic heterocycles. The summed E-state index contributed by atoms with van der Waals surface area (Å²) in [5, 5.41) is 16.4. The average molecular weight is 471 g/mol. The van der Waals surface area contributed by atoms with Crippen LogP contribution in [0.4, 0.5) is 0 Å². The molecule has 0 saturated carbocycles. The Morgan fingerprint density at radius 2 is 1.88 bits per heavy atom. The summed E-state index contributed by atoms with van der Waals surface area (Å²) >= 11 is 11.8. The summed E-state index contributed by atoms with van der Waals surface area (Å²) in [4.78, 5) is 20.6. The Morgan fingerprint density at radius 1 is 1.06 bits per heavy atom. The number of carbonyl (C=O) groups is 1. The minimum Gasteiger partial charge on any atom is -0.505 e. The van der Waals surface area contributed by atoms with Crippen LogP contribution in [0.25, 0.3) is 0 Å². The number of hydrogen-bond acceptors (Lipinski definition) is 7. The number of halogens is 2. The highest BCUT2D eigenvalue weighted by atomic mass is 35.5. The molecule has 0 fully saturated rings. The van der Waals surface area contributed by atoms with E-state index >= 15 is 0 Å². The topological polar surface area (TPSA) is 110 Å². The SMILES string of the molecule is O=C(NCc1cccc(Oc2ccccn2)c1)c1nc(Cc2cc(Cl)c(O)c(Cl)c2)no1. The van der Waals surface area contributed by atoms with Gasteiger partial charge in [-0.25, -0.2) is 4.98 Å². The highest BCUT2D eigenvalue weighted by Crippen LogP contribution is 2.33. The number of ether oxygens (including phenoxy) is 1. The van der Waals surface area contributed by atoms with E-state index < -0.39 is 5.91 Å². The molecule has 0 spiro atoms. The Balaban J connectivity index is 1.36. The number of benzene rings is 2. The molecular weight excluding hydrogens is 455 g/mol. The monoisotopic (exact) mass is 470 g/mol. The van der Waals surface area contributed by atoms with Crippen LogP contribution in [0.3, 0.4) is 0 Å². The van der Waals surface area contributed by atoms with Crippen molar-refractivity contribution >= 4 is 29.1 Å². The van der Waals surface area contributed by atoms with Gasteiger partial charge in [-0.3, -0.25) is 4.79 Å². The molecule has 2 aromatic carbocycles. The van der Waals surface area contributed by atoms with Crippen LogP contribution >= 0.6 is 23.2 Å². The predicted molar refractivity (Wildman–Crippen MR) is 117 cm³/mol. The van der Waals surface area contributed by atoms with Gasteiger partial charge in [-0.2, -0.15) is 4.98 Å². The fraction of sp³-hybridized carbons (Fsp3) is 0.0909. The van der Waals surface area contributed by atoms with E-state index in [1.807, 2.05) is 18.2 Å². The van der Waals surface area contributed by atoms with Gasteiger partial charge in [0, 0.05) is 25.2 Å². The van der Waals surface area contributed by atoms with Crippen LogP contribution in [0.1, 0.15) is 27.6 Å². The molecule has 0 atom stereocenters. The molecule has 8 nitrogen and oxygen atoms in total. The van der Waals surface area contributed by atoms with E-state index in [-0.39, 0.29) is 40.5 Å². The minimum absolute atomic E-state index is 0.114. The lowest BCUT2D eigenvalue weighted by Crippen LogP contribution is -2.23. The lowest BCUT2D eigenvalue weighted by Gasteiger charge is -2.07. The third-order valence-corrected chi connectivity index (χ3v) is 4.89. The highest BCUT2D eigenvalue weighted by Gasteiger charge is 2.16. The summed E-state index contributed by atoms with van der Waals surface area (Å²) < 4.78 is 10.7. The maximum absolute atomic E-state index is 12.4. The van der Waals surface area contributed by atoms with Gasteiger partial charge in [-0.15, -0.1) is 0 Å². The molecule has 1 amide bonds. The molecule has 4 aromatic rings. The zero-order valence-electron chi connectivity index (χ0n) is 16.5. The summed E-state index contributed by atoms with van der Waals surface area (Å²) in [5.74, 6) is 0.474. The quantitative estimate of drug-likeness (QED) is 0.399. The summed E-state index contributed by atoms with van der Waals surface area (Å²) in [6.45, 7) is 0.235. The number of phenolic OH excluding ortho intramolecular Hbond substituents is 1. The van der Waals surface area contributed by atoms with Crippen molar-refractivity contribution in [1.29, 1.82) is 0 Å². The van der Waals surface area contributed by atoms with Crippen LogP contribution in [-0.2, 0) is 13.0 Å². The van der Waals surface area contributed by atoms with E-state index in [4.69, 9.17) is 32.5 Å². The van der Waals surface area contributed by atoms with E-state index in [2.05, 4.69) is 20.4 Å². The zero-order chi connectivity index (χ0) is 22.5. The smallest absolute Gasteiger partial charge is 0.315 e. The zero-order valence-corrected chi connectivity index (χ0v) is 18.0. The molecule has 0 saturated heterocycles. The van der Waals surface area contributed by atoms with Crippen molar-refractivity contribution in [2.45, 2.75) is 13.0 Å². The van der Waals surface area contributed by atoms with Crippen LogP contribution < -0.4 is 10.1 Å². The first-order chi connectivity index (χ1) is 15.5. The number of rotatable bonds is 7. The normalized spacial score (nSPS) is 10.7. The van der Waals surface area contributed by atoms with Crippen molar-refractivity contribution in [3.63, 3.8) is 0 Å². The standard InChI is InChI=1S/C22H16Cl2N4O4/c23-16-9-14(10-17(24)20(16)29)11-18-27-22(32-28-18)21(30)26-12-13-4-3-5-15(8-13)31-19-6-1-2-7-25-19/h1-10,29H,11-12H2,(H,26,30). The summed E-state index contributed by atoms with van der Waals surface area (Å²) in [6.07, 6.45) is 1.87. The van der Waals surface area contributed by atoms with Gasteiger partial charge in [0.15, 0.2) is 11.6 Å². The van der Waals surface area contributed by atoms with Gasteiger partial charge >= 0.3 is 11.8 Å². The number of hydrogen-bond donors (Lipinski definition) is 2. The molecule has 0 aliphatic carbocycles. The van der Waals surface area contributed by atoms with Crippen LogP contribution in [-0.4, -0.2) is 26.1 Å². The van der Waals surface area contributed by atoms with Crippen LogP contribution in [0.15, 0.2) is 65.3 Å². The van der Waals surface area contributed by atoms with Crippen LogP contribution in [0.5, 0.6) is 17.4 Å². The van der Waals surface area contributed by atoms with Crippen molar-refractivity contribution in [2.24, 2.45) is 0 Å². The first-order valence-corrected chi connectivity index (χ1v) is 10.2. The van der Waals surface area contributed by atoms with Crippen molar-refractivity contribution in [3.8, 4) is 17.4 Å². The number of nitrogens with one attached hydrogen (secondary N) is 1. The Labute approximate surface area is 192 Å². The summed E-state index contributed by atoms with van der Waals surface area (Å²) in [6, 6.07) is 15.7. The lowest BCUT2D eigenvalue weighted by atomic mass is 10.1. The molecule has 10 heteroatoms. The number of carbonyl (C=O) groups excluding carboxylic acids is 1. The van der Waals surface area contributed by atoms with Crippen LogP contribution in [0.2, 0.25) is 10.0 Å². The maximum Gasteiger partial charge on any atom is 0.315 e. The second kappa shape index (κ2) is 9.67. The molecule has 0 aliphatic heterocycles. The van der Waals surface area contributed by atoms with E-state index in [1.165, 1.54) is 0 Å². The fourth-order valence-corrected chi connectivity index (χ4v) is 3.36. The highest BCUT2D eigenvalue weighted by molar-refractivity contribution is 6.37. The first-order valence-electron chi connectivity index (χ1n) is 9.43. The van der Waals surface area contributed by atoms with Crippen molar-refractivity contribution in [1.82, 2.24) is 20.4 Å². The number of aromatic hydroxyl groups is 1. The number of amides is 1. The Bertz CT molecular complexity index is 1220. The van der Waals surface area contributed by atoms with Crippen LogP contribution in [0, 0.1) is 0 Å². The summed E-state index contributed by atoms with van der Waals surface area (Å²) in [5.41, 5.74) is 1.48. The van der Waals surface area contributed by atoms with Gasteiger partial charge < -0.3 is 19.7 Å². The maximum atomic E-state index is 12.4. The summed E-state index contributed by atoms with van der Waals surface area (Å²) in [7, 11) is 0. The third-order valence-electron chi connectivity index (χ3n) is 4.31. The molecular formula is C22H16Cl2N4O4. The van der Waals surface area contributed by atoms with Crippen molar-refractivity contribution in [2.75, 3.05) is 0 Å². The van der Waals surface area contributed by atoms with Gasteiger partial charge in [-0.05, 0) is 41.5 Å². The molecule has 0 unspecified atom stereocenters. The van der Waals surface area contributed by atoms with Crippen molar-refractivity contribution < 1.29 is 19.2 Å². The van der Waals surface area contributed by atoms with E-state index in [0.29, 0.717) is 17.2 Å². The molecule has 0 aliphatic rings. The minimum atomic E-state index is -0.512. The number of aromatic nitrogens is 3. The molecule has 32 heavy (non-hydrogen) atoms. The van der Waals surface area contributed by atoms with Gasteiger partial charge in [0.1, 0.15) is 5.75 Å². The largest absolute Gasteiger partial charge is 0.505 e. The van der Waals surface area contributed by atoms with E-state index in [9.17, 15) is 9.90 Å². The molecule has 2 N–H and O–H groups in total. The van der Waals surface area contributed by atoms with Crippen molar-refractivity contribution in [3.05, 3.63) is 93.7 Å². The second-order valence-corrected chi connectivity index (χ2v) is 7.52. The third kappa shape index (κ3) is 5.35. The second-order valence-electron chi connectivity index (χ2n) is 6.70. The first kappa shape index (κ1) is 21.6. The Morgan fingerprint density at radius 3 is 2.62 bits per heavy atom. The van der Waals surface area contributed by atoms with E-state index in [0.717, 1.165) is 5.56 Å². The number of pyridine rings is 1. The molecule has 0 radical (unpaired) electrons. The molecule has 4 rings (SSSR count). The predicted octanol–water partition coefficient (Wildman–Crippen LogP) is 4.79. The van der Waals surface area contributed by atoms with Gasteiger partial charge in [0.2, 0.25) is 5.88 Å².